The van der Waals surface area contributed by atoms with Crippen LogP contribution in [0.15, 0.2) is 18.6 Å². The average molecular weight is 187 g/mol. The molecule has 1 N–H and O–H groups in total. The van der Waals surface area contributed by atoms with E-state index in [1.165, 1.54) is 18.6 Å². The van der Waals surface area contributed by atoms with E-state index in [0.717, 1.165) is 0 Å². The van der Waals surface area contributed by atoms with Crippen molar-refractivity contribution in [1.82, 2.24) is 15.3 Å². The minimum atomic E-state index is -2.98. The summed E-state index contributed by atoms with van der Waals surface area (Å²) in [5.74, 6) is -1.29. The lowest BCUT2D eigenvalue weighted by molar-refractivity contribution is -0.131. The lowest BCUT2D eigenvalue weighted by Gasteiger charge is -2.02. The van der Waals surface area contributed by atoms with Crippen LogP contribution in [0.3, 0.4) is 0 Å². The Hall–Kier alpha value is -1.59. The molecular formula is C7H7F2N3O. The van der Waals surface area contributed by atoms with E-state index in [9.17, 15) is 13.6 Å². The number of amides is 1. The molecule has 0 aliphatic heterocycles. The summed E-state index contributed by atoms with van der Waals surface area (Å²) in [4.78, 5) is 17.8. The van der Waals surface area contributed by atoms with Crippen LogP contribution in [0.2, 0.25) is 0 Å². The molecule has 1 rings (SSSR count). The Kier molecular flexibility index (Phi) is 3.24. The number of nitrogens with one attached hydrogen (secondary N) is 1. The van der Waals surface area contributed by atoms with Gasteiger partial charge in [0.2, 0.25) is 0 Å². The van der Waals surface area contributed by atoms with Gasteiger partial charge < -0.3 is 5.32 Å². The summed E-state index contributed by atoms with van der Waals surface area (Å²) in [7, 11) is 0. The molecule has 1 aromatic rings. The lowest BCUT2D eigenvalue weighted by Crippen LogP contribution is -2.29. The quantitative estimate of drug-likeness (QED) is 0.743. The van der Waals surface area contributed by atoms with Crippen molar-refractivity contribution in [1.29, 1.82) is 0 Å². The van der Waals surface area contributed by atoms with E-state index in [-0.39, 0.29) is 6.54 Å². The van der Waals surface area contributed by atoms with Gasteiger partial charge >= 0.3 is 6.43 Å². The van der Waals surface area contributed by atoms with E-state index in [2.05, 4.69) is 9.97 Å². The third kappa shape index (κ3) is 3.10. The average Bonchev–Trinajstić information content (AvgIpc) is 2.15. The minimum Gasteiger partial charge on any atom is -0.345 e. The number of rotatable bonds is 3. The summed E-state index contributed by atoms with van der Waals surface area (Å²) in [6.45, 7) is -0.00824. The van der Waals surface area contributed by atoms with Crippen LogP contribution in [0.5, 0.6) is 0 Å². The van der Waals surface area contributed by atoms with Gasteiger partial charge in [0.1, 0.15) is 6.33 Å². The molecule has 1 amide bonds. The molecule has 0 aliphatic carbocycles. The summed E-state index contributed by atoms with van der Waals surface area (Å²) in [5, 5.41) is 2.02. The summed E-state index contributed by atoms with van der Waals surface area (Å²) < 4.78 is 23.4. The van der Waals surface area contributed by atoms with Crippen molar-refractivity contribution in [2.24, 2.45) is 0 Å². The van der Waals surface area contributed by atoms with E-state index in [0.29, 0.717) is 5.69 Å². The molecule has 0 aliphatic rings. The van der Waals surface area contributed by atoms with Crippen LogP contribution in [0.25, 0.3) is 0 Å². The van der Waals surface area contributed by atoms with Gasteiger partial charge in [-0.2, -0.15) is 8.78 Å². The second kappa shape index (κ2) is 4.44. The van der Waals surface area contributed by atoms with Gasteiger partial charge in [0.25, 0.3) is 5.91 Å². The van der Waals surface area contributed by atoms with Crippen LogP contribution >= 0.6 is 0 Å². The number of carbonyl (C=O) groups is 1. The van der Waals surface area contributed by atoms with Crippen molar-refractivity contribution in [2.75, 3.05) is 0 Å². The fourth-order valence-electron chi connectivity index (χ4n) is 0.677. The van der Waals surface area contributed by atoms with Crippen molar-refractivity contribution >= 4 is 5.91 Å². The molecule has 0 fully saturated rings. The van der Waals surface area contributed by atoms with Crippen LogP contribution in [0.4, 0.5) is 8.78 Å². The summed E-state index contributed by atoms with van der Waals surface area (Å²) in [6, 6.07) is 1.53. The van der Waals surface area contributed by atoms with E-state index >= 15 is 0 Å². The van der Waals surface area contributed by atoms with Gasteiger partial charge in [0.05, 0.1) is 12.2 Å². The molecule has 0 unspecified atom stereocenters. The molecule has 70 valence electrons. The number of halogens is 2. The SMILES string of the molecule is O=C(NCc1ccncn1)C(F)F. The predicted molar refractivity (Wildman–Crippen MR) is 39.9 cm³/mol. The van der Waals surface area contributed by atoms with Gasteiger partial charge in [-0.25, -0.2) is 9.97 Å². The number of alkyl halides is 2. The first kappa shape index (κ1) is 9.50. The Bertz CT molecular complexity index is 278. The van der Waals surface area contributed by atoms with Crippen LogP contribution in [0, 0.1) is 0 Å². The zero-order valence-corrected chi connectivity index (χ0v) is 6.58. The molecule has 1 heterocycles. The first-order chi connectivity index (χ1) is 6.20. The molecule has 0 aromatic carbocycles. The maximum absolute atomic E-state index is 11.7. The van der Waals surface area contributed by atoms with Gasteiger partial charge in [0.15, 0.2) is 0 Å². The monoisotopic (exact) mass is 187 g/mol. The highest BCUT2D eigenvalue weighted by molar-refractivity contribution is 5.78. The Morgan fingerprint density at radius 2 is 2.38 bits per heavy atom. The first-order valence-corrected chi connectivity index (χ1v) is 3.51. The number of hydrogen-bond acceptors (Lipinski definition) is 3. The number of carbonyl (C=O) groups excluding carboxylic acids is 1. The van der Waals surface area contributed by atoms with Crippen molar-refractivity contribution in [3.63, 3.8) is 0 Å². The van der Waals surface area contributed by atoms with Gasteiger partial charge in [-0.05, 0) is 6.07 Å². The standard InChI is InChI=1S/C7H7F2N3O/c8-6(9)7(13)11-3-5-1-2-10-4-12-5/h1-2,4,6H,3H2,(H,11,13). The first-order valence-electron chi connectivity index (χ1n) is 3.51. The molecule has 0 spiro atoms. The molecule has 4 nitrogen and oxygen atoms in total. The maximum Gasteiger partial charge on any atom is 0.315 e. The van der Waals surface area contributed by atoms with Crippen LogP contribution in [-0.4, -0.2) is 22.3 Å². The molecule has 0 saturated heterocycles. The van der Waals surface area contributed by atoms with Gasteiger partial charge in [-0.1, -0.05) is 0 Å². The van der Waals surface area contributed by atoms with Gasteiger partial charge in [0, 0.05) is 6.20 Å². The number of aromatic nitrogens is 2. The summed E-state index contributed by atoms with van der Waals surface area (Å²) in [6.07, 6.45) is -0.234. The normalized spacial score (nSPS) is 10.1. The molecular weight excluding hydrogens is 180 g/mol. The van der Waals surface area contributed by atoms with Crippen molar-refractivity contribution < 1.29 is 13.6 Å². The van der Waals surface area contributed by atoms with Crippen LogP contribution < -0.4 is 5.32 Å². The third-order valence-electron chi connectivity index (χ3n) is 1.29. The highest BCUT2D eigenvalue weighted by Gasteiger charge is 2.13. The minimum absolute atomic E-state index is 0.00824. The largest absolute Gasteiger partial charge is 0.345 e. The zero-order chi connectivity index (χ0) is 9.68. The van der Waals surface area contributed by atoms with Gasteiger partial charge in [-0.15, -0.1) is 0 Å². The van der Waals surface area contributed by atoms with Crippen molar-refractivity contribution in [2.45, 2.75) is 13.0 Å². The fourth-order valence-corrected chi connectivity index (χ4v) is 0.677. The third-order valence-corrected chi connectivity index (χ3v) is 1.29. The van der Waals surface area contributed by atoms with E-state index in [1.54, 1.807) is 0 Å². The second-order valence-corrected chi connectivity index (χ2v) is 2.22. The highest BCUT2D eigenvalue weighted by atomic mass is 19.3. The number of nitrogens with zero attached hydrogens (tertiary/aromatic N) is 2. The topological polar surface area (TPSA) is 54.9 Å². The predicted octanol–water partition coefficient (Wildman–Crippen LogP) is 0.358. The molecule has 0 bridgehead atoms. The molecule has 0 atom stereocenters. The Morgan fingerprint density at radius 3 is 2.92 bits per heavy atom. The molecule has 1 aromatic heterocycles. The maximum atomic E-state index is 11.7. The number of hydrogen-bond donors (Lipinski definition) is 1. The van der Waals surface area contributed by atoms with Crippen molar-refractivity contribution in [3.8, 4) is 0 Å². The fraction of sp³-hybridized carbons (Fsp3) is 0.286. The Morgan fingerprint density at radius 1 is 1.62 bits per heavy atom. The Balaban J connectivity index is 2.40. The lowest BCUT2D eigenvalue weighted by atomic mass is 10.4. The Labute approximate surface area is 73.0 Å². The smallest absolute Gasteiger partial charge is 0.315 e. The van der Waals surface area contributed by atoms with Gasteiger partial charge in [-0.3, -0.25) is 4.79 Å². The second-order valence-electron chi connectivity index (χ2n) is 2.22. The molecule has 6 heteroatoms. The van der Waals surface area contributed by atoms with Crippen molar-refractivity contribution in [3.05, 3.63) is 24.3 Å². The highest BCUT2D eigenvalue weighted by Crippen LogP contribution is 1.94. The van der Waals surface area contributed by atoms with E-state index in [4.69, 9.17) is 0 Å². The summed E-state index contributed by atoms with van der Waals surface area (Å²) >= 11 is 0. The zero-order valence-electron chi connectivity index (χ0n) is 6.58. The van der Waals surface area contributed by atoms with Crippen LogP contribution in [-0.2, 0) is 11.3 Å². The molecule has 13 heavy (non-hydrogen) atoms. The molecule has 0 radical (unpaired) electrons. The van der Waals surface area contributed by atoms with Crippen LogP contribution in [0.1, 0.15) is 5.69 Å². The van der Waals surface area contributed by atoms with E-state index < -0.39 is 12.3 Å². The summed E-state index contributed by atoms with van der Waals surface area (Å²) in [5.41, 5.74) is 0.490. The van der Waals surface area contributed by atoms with E-state index in [1.807, 2.05) is 5.32 Å². The molecule has 0 saturated carbocycles.